The highest BCUT2D eigenvalue weighted by Gasteiger charge is 2.29. The highest BCUT2D eigenvalue weighted by Crippen LogP contribution is 2.37. The van der Waals surface area contributed by atoms with Gasteiger partial charge in [-0.05, 0) is 23.3 Å². The van der Waals surface area contributed by atoms with Gasteiger partial charge in [-0.1, -0.05) is 36.4 Å². The number of carbonyl (C=O) groups is 2. The van der Waals surface area contributed by atoms with Crippen LogP contribution in [0, 0.1) is 0 Å². The predicted molar refractivity (Wildman–Crippen MR) is 76.6 cm³/mol. The Morgan fingerprint density at radius 2 is 1.60 bits per heavy atom. The lowest BCUT2D eigenvalue weighted by Gasteiger charge is -2.04. The molecule has 0 fully saturated rings. The third kappa shape index (κ3) is 1.75. The number of ketones is 1. The summed E-state index contributed by atoms with van der Waals surface area (Å²) in [6.07, 6.45) is 0.753. The van der Waals surface area contributed by atoms with Crippen molar-refractivity contribution in [3.8, 4) is 5.75 Å². The maximum Gasteiger partial charge on any atom is 0.194 e. The number of benzene rings is 2. The number of ether oxygens (including phenoxy) is 1. The summed E-state index contributed by atoms with van der Waals surface area (Å²) >= 11 is 0. The molecule has 0 amide bonds. The molecule has 0 aromatic heterocycles. The third-order valence-corrected chi connectivity index (χ3v) is 3.45. The first-order valence-electron chi connectivity index (χ1n) is 6.24. The van der Waals surface area contributed by atoms with Crippen LogP contribution in [0.15, 0.2) is 48.5 Å². The molecule has 1 aliphatic rings. The van der Waals surface area contributed by atoms with Crippen molar-refractivity contribution in [2.24, 2.45) is 0 Å². The Balaban J connectivity index is 2.17. The molecule has 0 heterocycles. The van der Waals surface area contributed by atoms with E-state index in [-0.39, 0.29) is 5.78 Å². The first kappa shape index (κ1) is 12.4. The molecule has 0 aliphatic heterocycles. The summed E-state index contributed by atoms with van der Waals surface area (Å²) < 4.78 is 5.10. The van der Waals surface area contributed by atoms with Gasteiger partial charge in [0.25, 0.3) is 0 Å². The highest BCUT2D eigenvalue weighted by atomic mass is 16.5. The molecule has 20 heavy (non-hydrogen) atoms. The molecule has 3 nitrogen and oxygen atoms in total. The number of fused-ring (bicyclic) bond motifs is 1. The van der Waals surface area contributed by atoms with Gasteiger partial charge >= 0.3 is 0 Å². The van der Waals surface area contributed by atoms with Crippen LogP contribution in [0.3, 0.4) is 0 Å². The van der Waals surface area contributed by atoms with Gasteiger partial charge < -0.3 is 4.74 Å². The first-order chi connectivity index (χ1) is 9.76. The number of carbonyl (C=O) groups excluding carboxylic acids is 2. The molecule has 3 rings (SSSR count). The number of hydrogen-bond donors (Lipinski definition) is 0. The van der Waals surface area contributed by atoms with Gasteiger partial charge in [0.05, 0.1) is 7.11 Å². The summed E-state index contributed by atoms with van der Waals surface area (Å²) in [5.41, 5.74) is 2.94. The molecule has 0 atom stereocenters. The molecule has 0 spiro atoms. The van der Waals surface area contributed by atoms with Crippen molar-refractivity contribution in [3.63, 3.8) is 0 Å². The molecular formula is C17H12O3. The van der Waals surface area contributed by atoms with Gasteiger partial charge in [-0.15, -0.1) is 0 Å². The van der Waals surface area contributed by atoms with E-state index in [1.54, 1.807) is 49.6 Å². The fraction of sp³-hybridized carbons (Fsp3) is 0.0588. The number of rotatable bonds is 3. The van der Waals surface area contributed by atoms with Crippen molar-refractivity contribution in [3.05, 3.63) is 65.2 Å². The SMILES string of the molecule is COc1ccc(C2=C(C=O)c3ccccc3C2=O)cc1. The second-order valence-corrected chi connectivity index (χ2v) is 4.51. The minimum atomic E-state index is -0.104. The summed E-state index contributed by atoms with van der Waals surface area (Å²) in [6, 6.07) is 14.3. The van der Waals surface area contributed by atoms with Crippen molar-refractivity contribution in [1.29, 1.82) is 0 Å². The van der Waals surface area contributed by atoms with Crippen LogP contribution in [0.1, 0.15) is 21.5 Å². The number of allylic oxidation sites excluding steroid dienone is 2. The molecule has 0 N–H and O–H groups in total. The van der Waals surface area contributed by atoms with Crippen LogP contribution in [0.4, 0.5) is 0 Å². The first-order valence-corrected chi connectivity index (χ1v) is 6.24. The fourth-order valence-electron chi connectivity index (χ4n) is 2.47. The summed E-state index contributed by atoms with van der Waals surface area (Å²) in [5.74, 6) is 0.609. The highest BCUT2D eigenvalue weighted by molar-refractivity contribution is 6.46. The molecule has 3 heteroatoms. The molecule has 0 radical (unpaired) electrons. The Morgan fingerprint density at radius 1 is 0.950 bits per heavy atom. The zero-order valence-electron chi connectivity index (χ0n) is 10.9. The summed E-state index contributed by atoms with van der Waals surface area (Å²) in [4.78, 5) is 23.9. The van der Waals surface area contributed by atoms with Crippen LogP contribution in [-0.4, -0.2) is 19.2 Å². The molecule has 1 aliphatic carbocycles. The maximum atomic E-state index is 12.5. The molecule has 0 bridgehead atoms. The standard InChI is InChI=1S/C17H12O3/c1-20-12-8-6-11(7-9-12)16-15(10-18)13-4-2-3-5-14(13)17(16)19/h2-10H,1H3. The minimum Gasteiger partial charge on any atom is -0.497 e. The Hall–Kier alpha value is -2.68. The Kier molecular flexibility index (Phi) is 2.95. The van der Waals surface area contributed by atoms with Crippen LogP contribution in [0.25, 0.3) is 11.1 Å². The molecule has 2 aromatic carbocycles. The molecule has 0 saturated carbocycles. The Bertz CT molecular complexity index is 724. The quantitative estimate of drug-likeness (QED) is 0.800. The molecule has 0 unspecified atom stereocenters. The second-order valence-electron chi connectivity index (χ2n) is 4.51. The smallest absolute Gasteiger partial charge is 0.194 e. The van der Waals surface area contributed by atoms with E-state index in [2.05, 4.69) is 0 Å². The zero-order chi connectivity index (χ0) is 14.1. The topological polar surface area (TPSA) is 43.4 Å². The van der Waals surface area contributed by atoms with Gasteiger partial charge in [0, 0.05) is 16.7 Å². The lowest BCUT2D eigenvalue weighted by molar-refractivity contribution is -0.103. The summed E-state index contributed by atoms with van der Waals surface area (Å²) in [5, 5.41) is 0. The molecule has 0 saturated heterocycles. The summed E-state index contributed by atoms with van der Waals surface area (Å²) in [6.45, 7) is 0. The van der Waals surface area contributed by atoms with Gasteiger partial charge in [0.15, 0.2) is 12.1 Å². The van der Waals surface area contributed by atoms with Crippen molar-refractivity contribution < 1.29 is 14.3 Å². The van der Waals surface area contributed by atoms with Crippen molar-refractivity contribution in [1.82, 2.24) is 0 Å². The number of aldehydes is 1. The van der Waals surface area contributed by atoms with Gasteiger partial charge in [0.1, 0.15) is 5.75 Å². The van der Waals surface area contributed by atoms with Crippen LogP contribution in [-0.2, 0) is 4.79 Å². The second kappa shape index (κ2) is 4.78. The van der Waals surface area contributed by atoms with Crippen LogP contribution >= 0.6 is 0 Å². The van der Waals surface area contributed by atoms with E-state index < -0.39 is 0 Å². The molecule has 2 aromatic rings. The summed E-state index contributed by atoms with van der Waals surface area (Å²) in [7, 11) is 1.59. The Morgan fingerprint density at radius 3 is 2.20 bits per heavy atom. The lowest BCUT2D eigenvalue weighted by Crippen LogP contribution is -1.98. The number of hydrogen-bond acceptors (Lipinski definition) is 3. The average molecular weight is 264 g/mol. The third-order valence-electron chi connectivity index (χ3n) is 3.45. The van der Waals surface area contributed by atoms with Crippen molar-refractivity contribution >= 4 is 23.2 Å². The van der Waals surface area contributed by atoms with E-state index in [0.29, 0.717) is 28.0 Å². The van der Waals surface area contributed by atoms with Gasteiger partial charge in [0.2, 0.25) is 0 Å². The largest absolute Gasteiger partial charge is 0.497 e. The molecular weight excluding hydrogens is 252 g/mol. The van der Waals surface area contributed by atoms with E-state index in [0.717, 1.165) is 11.8 Å². The van der Waals surface area contributed by atoms with E-state index in [9.17, 15) is 9.59 Å². The van der Waals surface area contributed by atoms with Crippen LogP contribution in [0.5, 0.6) is 5.75 Å². The maximum absolute atomic E-state index is 12.5. The van der Waals surface area contributed by atoms with E-state index >= 15 is 0 Å². The van der Waals surface area contributed by atoms with E-state index in [4.69, 9.17) is 4.74 Å². The van der Waals surface area contributed by atoms with E-state index in [1.165, 1.54) is 0 Å². The van der Waals surface area contributed by atoms with Gasteiger partial charge in [-0.3, -0.25) is 9.59 Å². The van der Waals surface area contributed by atoms with Crippen molar-refractivity contribution in [2.45, 2.75) is 0 Å². The number of methoxy groups -OCH3 is 1. The fourth-order valence-corrected chi connectivity index (χ4v) is 2.47. The molecule has 98 valence electrons. The number of Topliss-reactive ketones (excluding diaryl/α,β-unsaturated/α-hetero) is 1. The van der Waals surface area contributed by atoms with Crippen molar-refractivity contribution in [2.75, 3.05) is 7.11 Å². The van der Waals surface area contributed by atoms with E-state index in [1.807, 2.05) is 6.07 Å². The zero-order valence-corrected chi connectivity index (χ0v) is 10.9. The predicted octanol–water partition coefficient (Wildman–Crippen LogP) is 3.00. The van der Waals surface area contributed by atoms with Gasteiger partial charge in [-0.2, -0.15) is 0 Å². The minimum absolute atomic E-state index is 0.104. The Labute approximate surface area is 116 Å². The van der Waals surface area contributed by atoms with Gasteiger partial charge in [-0.25, -0.2) is 0 Å². The normalized spacial score (nSPS) is 13.3. The van der Waals surface area contributed by atoms with Crippen LogP contribution in [0.2, 0.25) is 0 Å². The average Bonchev–Trinajstić information content (AvgIpc) is 2.80. The van der Waals surface area contributed by atoms with Crippen LogP contribution < -0.4 is 4.74 Å². The lowest BCUT2D eigenvalue weighted by atomic mass is 10.0. The monoisotopic (exact) mass is 264 g/mol.